The van der Waals surface area contributed by atoms with Gasteiger partial charge in [0.1, 0.15) is 5.69 Å². The third-order valence-corrected chi connectivity index (χ3v) is 3.72. The van der Waals surface area contributed by atoms with Crippen LogP contribution in [0.25, 0.3) is 0 Å². The number of likely N-dealkylation sites (N-methyl/N-ethyl adjacent to an activating group) is 1. The highest BCUT2D eigenvalue weighted by atomic mass is 16.6. The maximum Gasteiger partial charge on any atom is 0.294 e. The summed E-state index contributed by atoms with van der Waals surface area (Å²) in [5.41, 5.74) is 7.77. The third-order valence-electron chi connectivity index (χ3n) is 3.72. The summed E-state index contributed by atoms with van der Waals surface area (Å²) in [6, 6.07) is 3.10. The molecule has 0 aromatic heterocycles. The molecule has 0 amide bonds. The molecule has 0 spiro atoms. The molecule has 1 aliphatic rings. The van der Waals surface area contributed by atoms with Crippen LogP contribution in [0.4, 0.5) is 17.1 Å². The maximum absolute atomic E-state index is 11.4. The fraction of sp³-hybridized carbons (Fsp3) is 0.357. The molecule has 2 rings (SSSR count). The van der Waals surface area contributed by atoms with Crippen molar-refractivity contribution in [2.24, 2.45) is 0 Å². The number of benzene rings is 1. The summed E-state index contributed by atoms with van der Waals surface area (Å²) in [6.45, 7) is 5.42. The molecule has 0 unspecified atom stereocenters. The van der Waals surface area contributed by atoms with Crippen LogP contribution in [0.2, 0.25) is 0 Å². The number of nitro groups is 1. The third kappa shape index (κ3) is 1.93. The minimum absolute atomic E-state index is 0.0600. The lowest BCUT2D eigenvalue weighted by atomic mass is 9.83. The van der Waals surface area contributed by atoms with Crippen LogP contribution in [0.5, 0.6) is 0 Å². The number of ketones is 1. The zero-order valence-corrected chi connectivity index (χ0v) is 11.9. The van der Waals surface area contributed by atoms with Crippen molar-refractivity contribution in [3.05, 3.63) is 39.6 Å². The Bertz CT molecular complexity index is 647. The number of carbonyl (C=O) groups excluding carboxylic acids is 1. The van der Waals surface area contributed by atoms with E-state index < -0.39 is 10.3 Å². The van der Waals surface area contributed by atoms with Gasteiger partial charge in [-0.3, -0.25) is 14.9 Å². The molecule has 1 aromatic carbocycles. The molecule has 2 N–H and O–H groups in total. The van der Waals surface area contributed by atoms with Gasteiger partial charge in [-0.05, 0) is 18.6 Å². The van der Waals surface area contributed by atoms with E-state index in [-0.39, 0.29) is 17.2 Å². The highest BCUT2D eigenvalue weighted by Gasteiger charge is 2.40. The molecule has 1 aromatic rings. The number of nitrogens with two attached hydrogens (primary N) is 1. The predicted molar refractivity (Wildman–Crippen MR) is 77.7 cm³/mol. The zero-order valence-electron chi connectivity index (χ0n) is 11.9. The van der Waals surface area contributed by atoms with Crippen molar-refractivity contribution in [3.63, 3.8) is 0 Å². The minimum Gasteiger partial charge on any atom is -0.393 e. The second kappa shape index (κ2) is 4.33. The first kappa shape index (κ1) is 14.0. The van der Waals surface area contributed by atoms with E-state index in [1.54, 1.807) is 19.2 Å². The van der Waals surface area contributed by atoms with Gasteiger partial charge in [0.05, 0.1) is 10.6 Å². The summed E-state index contributed by atoms with van der Waals surface area (Å²) in [4.78, 5) is 23.7. The number of rotatable bonds is 2. The van der Waals surface area contributed by atoms with Gasteiger partial charge >= 0.3 is 0 Å². The highest BCUT2D eigenvalue weighted by Crippen LogP contribution is 2.49. The SMILES string of the molecule is CC(=O)C=C1N(C)c2cc([N+](=O)[O-])c(N)cc2C1(C)C. The normalized spacial score (nSPS) is 18.2. The first-order valence-corrected chi connectivity index (χ1v) is 6.21. The highest BCUT2D eigenvalue weighted by molar-refractivity contribution is 5.91. The van der Waals surface area contributed by atoms with E-state index in [9.17, 15) is 14.9 Å². The standard InChI is InChI=1S/C14H17N3O3/c1-8(18)5-13-14(2,3)9-6-10(15)12(17(19)20)7-11(9)16(13)4/h5-7H,15H2,1-4H3. The van der Waals surface area contributed by atoms with Crippen LogP contribution < -0.4 is 10.6 Å². The molecule has 0 radical (unpaired) electrons. The van der Waals surface area contributed by atoms with Crippen molar-refractivity contribution in [2.45, 2.75) is 26.2 Å². The Kier molecular flexibility index (Phi) is 3.04. The Morgan fingerprint density at radius 1 is 1.45 bits per heavy atom. The minimum atomic E-state index is -0.497. The van der Waals surface area contributed by atoms with Crippen molar-refractivity contribution in [1.82, 2.24) is 0 Å². The largest absolute Gasteiger partial charge is 0.393 e. The number of hydrogen-bond acceptors (Lipinski definition) is 5. The van der Waals surface area contributed by atoms with Gasteiger partial charge in [0.2, 0.25) is 0 Å². The molecular formula is C14H17N3O3. The molecule has 0 bridgehead atoms. The van der Waals surface area contributed by atoms with Crippen molar-refractivity contribution in [2.75, 3.05) is 17.7 Å². The van der Waals surface area contributed by atoms with E-state index in [2.05, 4.69) is 0 Å². The number of carbonyl (C=O) groups is 1. The van der Waals surface area contributed by atoms with E-state index in [4.69, 9.17) is 5.73 Å². The summed E-state index contributed by atoms with van der Waals surface area (Å²) < 4.78 is 0. The Labute approximate surface area is 117 Å². The molecule has 0 aliphatic carbocycles. The molecule has 106 valence electrons. The van der Waals surface area contributed by atoms with Crippen molar-refractivity contribution in [3.8, 4) is 0 Å². The lowest BCUT2D eigenvalue weighted by Gasteiger charge is -2.23. The zero-order chi connectivity index (χ0) is 15.2. The molecule has 0 saturated heterocycles. The Morgan fingerprint density at radius 3 is 2.55 bits per heavy atom. The smallest absolute Gasteiger partial charge is 0.294 e. The van der Waals surface area contributed by atoms with Gasteiger partial charge in [0.25, 0.3) is 5.69 Å². The van der Waals surface area contributed by atoms with Gasteiger partial charge in [-0.25, -0.2) is 0 Å². The number of nitrogens with zero attached hydrogens (tertiary/aromatic N) is 2. The molecule has 0 fully saturated rings. The summed E-state index contributed by atoms with van der Waals surface area (Å²) in [6.07, 6.45) is 1.56. The summed E-state index contributed by atoms with van der Waals surface area (Å²) in [7, 11) is 1.79. The molecule has 1 heterocycles. The van der Waals surface area contributed by atoms with Crippen LogP contribution in [-0.4, -0.2) is 17.8 Å². The Hall–Kier alpha value is -2.37. The van der Waals surface area contributed by atoms with Gasteiger partial charge in [-0.15, -0.1) is 0 Å². The average Bonchev–Trinajstić information content (AvgIpc) is 2.49. The fourth-order valence-corrected chi connectivity index (χ4v) is 2.69. The summed E-state index contributed by atoms with van der Waals surface area (Å²) >= 11 is 0. The van der Waals surface area contributed by atoms with E-state index in [1.807, 2.05) is 18.7 Å². The molecule has 6 heteroatoms. The fourth-order valence-electron chi connectivity index (χ4n) is 2.69. The number of allylic oxidation sites excluding steroid dienone is 2. The summed E-state index contributed by atoms with van der Waals surface area (Å²) in [5, 5.41) is 11.0. The number of nitrogen functional groups attached to an aromatic ring is 1. The quantitative estimate of drug-likeness (QED) is 0.387. The predicted octanol–water partition coefficient (Wildman–Crippen LogP) is 2.38. The second-order valence-corrected chi connectivity index (χ2v) is 5.51. The lowest BCUT2D eigenvalue weighted by molar-refractivity contribution is -0.383. The van der Waals surface area contributed by atoms with Crippen LogP contribution in [0.1, 0.15) is 26.3 Å². The molecule has 6 nitrogen and oxygen atoms in total. The van der Waals surface area contributed by atoms with E-state index in [0.717, 1.165) is 11.3 Å². The Balaban J connectivity index is 2.70. The second-order valence-electron chi connectivity index (χ2n) is 5.51. The van der Waals surface area contributed by atoms with Gasteiger partial charge in [-0.2, -0.15) is 0 Å². The maximum atomic E-state index is 11.4. The molecule has 0 atom stereocenters. The van der Waals surface area contributed by atoms with Gasteiger partial charge in [0, 0.05) is 30.3 Å². The van der Waals surface area contributed by atoms with Crippen LogP contribution in [-0.2, 0) is 10.2 Å². The first-order valence-electron chi connectivity index (χ1n) is 6.21. The van der Waals surface area contributed by atoms with Crippen molar-refractivity contribution >= 4 is 22.8 Å². The topological polar surface area (TPSA) is 89.5 Å². The number of nitro benzene ring substituents is 1. The Morgan fingerprint density at radius 2 is 2.05 bits per heavy atom. The van der Waals surface area contributed by atoms with Crippen LogP contribution in [0.15, 0.2) is 23.9 Å². The molecule has 20 heavy (non-hydrogen) atoms. The molecular weight excluding hydrogens is 258 g/mol. The van der Waals surface area contributed by atoms with Crippen LogP contribution in [0.3, 0.4) is 0 Å². The summed E-state index contributed by atoms with van der Waals surface area (Å²) in [5.74, 6) is -0.0600. The van der Waals surface area contributed by atoms with E-state index in [1.165, 1.54) is 13.0 Å². The van der Waals surface area contributed by atoms with Crippen molar-refractivity contribution < 1.29 is 9.72 Å². The van der Waals surface area contributed by atoms with Crippen molar-refractivity contribution in [1.29, 1.82) is 0 Å². The number of anilines is 2. The van der Waals surface area contributed by atoms with E-state index >= 15 is 0 Å². The van der Waals surface area contributed by atoms with Crippen LogP contribution >= 0.6 is 0 Å². The average molecular weight is 275 g/mol. The number of hydrogen-bond donors (Lipinski definition) is 1. The van der Waals surface area contributed by atoms with Gasteiger partial charge in [0.15, 0.2) is 5.78 Å². The van der Waals surface area contributed by atoms with E-state index in [0.29, 0.717) is 5.69 Å². The van der Waals surface area contributed by atoms with Crippen LogP contribution in [0, 0.1) is 10.1 Å². The van der Waals surface area contributed by atoms with Gasteiger partial charge in [-0.1, -0.05) is 13.8 Å². The monoisotopic (exact) mass is 275 g/mol. The number of fused-ring (bicyclic) bond motifs is 1. The van der Waals surface area contributed by atoms with Gasteiger partial charge < -0.3 is 10.6 Å². The molecule has 0 saturated carbocycles. The molecule has 1 aliphatic heterocycles. The lowest BCUT2D eigenvalue weighted by Crippen LogP contribution is -2.23. The first-order chi connectivity index (χ1) is 9.16.